The number of ether oxygens (including phenoxy) is 2. The van der Waals surface area contributed by atoms with Crippen LogP contribution in [0.5, 0.6) is 0 Å². The lowest BCUT2D eigenvalue weighted by molar-refractivity contribution is -0.127. The molecule has 0 radical (unpaired) electrons. The van der Waals surface area contributed by atoms with Crippen molar-refractivity contribution >= 4 is 11.8 Å². The van der Waals surface area contributed by atoms with Crippen LogP contribution in [0, 0.1) is 0 Å². The van der Waals surface area contributed by atoms with Crippen LogP contribution in [0.1, 0.15) is 33.1 Å². The van der Waals surface area contributed by atoms with E-state index in [-0.39, 0.29) is 17.9 Å². The van der Waals surface area contributed by atoms with E-state index in [0.29, 0.717) is 19.8 Å². The Morgan fingerprint density at radius 1 is 1.47 bits per heavy atom. The highest BCUT2D eigenvalue weighted by Crippen LogP contribution is 2.11. The van der Waals surface area contributed by atoms with E-state index in [1.54, 1.807) is 6.92 Å². The summed E-state index contributed by atoms with van der Waals surface area (Å²) in [6.07, 6.45) is 3.19. The number of nitrogens with one attached hydrogen (secondary N) is 2. The third kappa shape index (κ3) is 7.12. The van der Waals surface area contributed by atoms with Crippen LogP contribution in [-0.2, 0) is 19.1 Å². The van der Waals surface area contributed by atoms with Crippen LogP contribution in [0.15, 0.2) is 0 Å². The Kier molecular flexibility index (Phi) is 7.43. The third-order valence-electron chi connectivity index (χ3n) is 2.91. The van der Waals surface area contributed by atoms with Crippen molar-refractivity contribution in [2.45, 2.75) is 45.3 Å². The van der Waals surface area contributed by atoms with Gasteiger partial charge in [-0.05, 0) is 26.2 Å². The Morgan fingerprint density at radius 2 is 2.26 bits per heavy atom. The van der Waals surface area contributed by atoms with E-state index in [2.05, 4.69) is 10.6 Å². The first-order chi connectivity index (χ1) is 9.09. The Bertz CT molecular complexity index is 290. The van der Waals surface area contributed by atoms with E-state index in [9.17, 15) is 9.59 Å². The molecule has 0 aromatic carbocycles. The predicted octanol–water partition coefficient (Wildman–Crippen LogP) is 0.213. The molecule has 2 N–H and O–H groups in total. The first-order valence-corrected chi connectivity index (χ1v) is 6.83. The van der Waals surface area contributed by atoms with Gasteiger partial charge < -0.3 is 20.1 Å². The molecule has 0 aliphatic carbocycles. The standard InChI is InChI=1S/C13H24N2O4/c1-10(15-11(2)16)13(17)14-6-4-7-18-9-12-5-3-8-19-12/h10,12H,3-9H2,1-2H3,(H,14,17)(H,15,16). The van der Waals surface area contributed by atoms with Crippen LogP contribution in [-0.4, -0.2) is 50.3 Å². The fourth-order valence-electron chi connectivity index (χ4n) is 1.90. The summed E-state index contributed by atoms with van der Waals surface area (Å²) >= 11 is 0. The first kappa shape index (κ1) is 15.9. The molecule has 0 aromatic heterocycles. The number of hydrogen-bond acceptors (Lipinski definition) is 4. The molecule has 1 saturated heterocycles. The van der Waals surface area contributed by atoms with Gasteiger partial charge in [-0.3, -0.25) is 9.59 Å². The second kappa shape index (κ2) is 8.87. The Balaban J connectivity index is 1.94. The minimum absolute atomic E-state index is 0.172. The van der Waals surface area contributed by atoms with Gasteiger partial charge in [-0.1, -0.05) is 0 Å². The minimum atomic E-state index is -0.495. The number of carbonyl (C=O) groups is 2. The smallest absolute Gasteiger partial charge is 0.242 e. The van der Waals surface area contributed by atoms with Crippen LogP contribution in [0.3, 0.4) is 0 Å². The highest BCUT2D eigenvalue weighted by Gasteiger charge is 2.15. The maximum absolute atomic E-state index is 11.5. The molecular formula is C13H24N2O4. The van der Waals surface area contributed by atoms with Crippen molar-refractivity contribution in [3.63, 3.8) is 0 Å². The third-order valence-corrected chi connectivity index (χ3v) is 2.91. The van der Waals surface area contributed by atoms with Crippen LogP contribution in [0.4, 0.5) is 0 Å². The lowest BCUT2D eigenvalue weighted by Gasteiger charge is -2.13. The SMILES string of the molecule is CC(=O)NC(C)C(=O)NCCCOCC1CCCO1. The average molecular weight is 272 g/mol. The van der Waals surface area contributed by atoms with Crippen molar-refractivity contribution in [1.29, 1.82) is 0 Å². The molecule has 1 aliphatic rings. The van der Waals surface area contributed by atoms with E-state index in [1.165, 1.54) is 6.92 Å². The van der Waals surface area contributed by atoms with Crippen molar-refractivity contribution < 1.29 is 19.1 Å². The van der Waals surface area contributed by atoms with Crippen LogP contribution >= 0.6 is 0 Å². The first-order valence-electron chi connectivity index (χ1n) is 6.83. The van der Waals surface area contributed by atoms with Crippen LogP contribution in [0.2, 0.25) is 0 Å². The van der Waals surface area contributed by atoms with Crippen molar-refractivity contribution in [2.75, 3.05) is 26.4 Å². The Hall–Kier alpha value is -1.14. The minimum Gasteiger partial charge on any atom is -0.379 e. The lowest BCUT2D eigenvalue weighted by atomic mass is 10.2. The van der Waals surface area contributed by atoms with Gasteiger partial charge in [0.05, 0.1) is 12.7 Å². The number of amides is 2. The maximum Gasteiger partial charge on any atom is 0.242 e. The number of carbonyl (C=O) groups excluding carboxylic acids is 2. The summed E-state index contributed by atoms with van der Waals surface area (Å²) < 4.78 is 10.9. The second-order valence-electron chi connectivity index (χ2n) is 4.78. The van der Waals surface area contributed by atoms with Crippen LogP contribution < -0.4 is 10.6 Å². The van der Waals surface area contributed by atoms with Gasteiger partial charge in [0.25, 0.3) is 0 Å². The zero-order chi connectivity index (χ0) is 14.1. The van der Waals surface area contributed by atoms with E-state index < -0.39 is 6.04 Å². The van der Waals surface area contributed by atoms with Gasteiger partial charge in [0.1, 0.15) is 6.04 Å². The molecule has 2 amide bonds. The highest BCUT2D eigenvalue weighted by atomic mass is 16.5. The molecule has 2 atom stereocenters. The van der Waals surface area contributed by atoms with E-state index in [1.807, 2.05) is 0 Å². The summed E-state index contributed by atoms with van der Waals surface area (Å²) in [6, 6.07) is -0.495. The van der Waals surface area contributed by atoms with Gasteiger partial charge >= 0.3 is 0 Å². The summed E-state index contributed by atoms with van der Waals surface area (Å²) in [6.45, 7) is 5.68. The van der Waals surface area contributed by atoms with Gasteiger partial charge in [-0.25, -0.2) is 0 Å². The van der Waals surface area contributed by atoms with E-state index in [4.69, 9.17) is 9.47 Å². The summed E-state index contributed by atoms with van der Waals surface area (Å²) in [7, 11) is 0. The molecule has 1 rings (SSSR count). The maximum atomic E-state index is 11.5. The molecule has 2 unspecified atom stereocenters. The van der Waals surface area contributed by atoms with Gasteiger partial charge in [0, 0.05) is 26.7 Å². The molecule has 6 heteroatoms. The van der Waals surface area contributed by atoms with Gasteiger partial charge in [-0.2, -0.15) is 0 Å². The number of hydrogen-bond donors (Lipinski definition) is 2. The van der Waals surface area contributed by atoms with Crippen molar-refractivity contribution in [3.05, 3.63) is 0 Å². The normalized spacial score (nSPS) is 20.0. The number of rotatable bonds is 8. The molecule has 110 valence electrons. The zero-order valence-electron chi connectivity index (χ0n) is 11.7. The zero-order valence-corrected chi connectivity index (χ0v) is 11.7. The largest absolute Gasteiger partial charge is 0.379 e. The van der Waals surface area contributed by atoms with Gasteiger partial charge in [0.15, 0.2) is 0 Å². The summed E-state index contributed by atoms with van der Waals surface area (Å²) in [4.78, 5) is 22.3. The molecular weight excluding hydrogens is 248 g/mol. The predicted molar refractivity (Wildman–Crippen MR) is 70.7 cm³/mol. The fraction of sp³-hybridized carbons (Fsp3) is 0.846. The van der Waals surface area contributed by atoms with Gasteiger partial charge in [0.2, 0.25) is 11.8 Å². The molecule has 19 heavy (non-hydrogen) atoms. The monoisotopic (exact) mass is 272 g/mol. The molecule has 0 saturated carbocycles. The fourth-order valence-corrected chi connectivity index (χ4v) is 1.90. The van der Waals surface area contributed by atoms with E-state index >= 15 is 0 Å². The quantitative estimate of drug-likeness (QED) is 0.619. The van der Waals surface area contributed by atoms with Crippen molar-refractivity contribution in [1.82, 2.24) is 10.6 Å². The average Bonchev–Trinajstić information content (AvgIpc) is 2.85. The molecule has 0 bridgehead atoms. The van der Waals surface area contributed by atoms with Crippen LogP contribution in [0.25, 0.3) is 0 Å². The summed E-state index contributed by atoms with van der Waals surface area (Å²) in [5.74, 6) is -0.378. The molecule has 6 nitrogen and oxygen atoms in total. The molecule has 0 aromatic rings. The molecule has 0 spiro atoms. The second-order valence-corrected chi connectivity index (χ2v) is 4.78. The van der Waals surface area contributed by atoms with Gasteiger partial charge in [-0.15, -0.1) is 0 Å². The van der Waals surface area contributed by atoms with Crippen molar-refractivity contribution in [3.8, 4) is 0 Å². The molecule has 1 fully saturated rings. The lowest BCUT2D eigenvalue weighted by Crippen LogP contribution is -2.44. The molecule has 1 heterocycles. The van der Waals surface area contributed by atoms with Crippen molar-refractivity contribution in [2.24, 2.45) is 0 Å². The molecule has 1 aliphatic heterocycles. The Labute approximate surface area is 114 Å². The topological polar surface area (TPSA) is 76.7 Å². The van der Waals surface area contributed by atoms with E-state index in [0.717, 1.165) is 25.9 Å². The summed E-state index contributed by atoms with van der Waals surface area (Å²) in [5, 5.41) is 5.28. The highest BCUT2D eigenvalue weighted by molar-refractivity contribution is 5.86. The Morgan fingerprint density at radius 3 is 2.89 bits per heavy atom. The summed E-state index contributed by atoms with van der Waals surface area (Å²) in [5.41, 5.74) is 0.